The highest BCUT2D eigenvalue weighted by Gasteiger charge is 2.20. The highest BCUT2D eigenvalue weighted by atomic mass is 15.2. The molecule has 2 aromatic rings. The molecule has 2 aromatic heterocycles. The Hall–Kier alpha value is -2.17. The summed E-state index contributed by atoms with van der Waals surface area (Å²) in [6.07, 6.45) is 8.64. The summed E-state index contributed by atoms with van der Waals surface area (Å²) >= 11 is 0. The molecule has 3 heterocycles. The molecule has 0 radical (unpaired) electrons. The third kappa shape index (κ3) is 2.09. The molecule has 0 atom stereocenters. The zero-order valence-corrected chi connectivity index (χ0v) is 11.6. The second-order valence-corrected chi connectivity index (χ2v) is 4.97. The molecule has 0 N–H and O–H groups in total. The Morgan fingerprint density at radius 3 is 2.70 bits per heavy atom. The van der Waals surface area contributed by atoms with E-state index in [1.165, 1.54) is 12.8 Å². The number of allylic oxidation sites excluding steroid dienone is 1. The second kappa shape index (κ2) is 5.45. The molecule has 104 valence electrons. The summed E-state index contributed by atoms with van der Waals surface area (Å²) in [5.41, 5.74) is 1.77. The maximum absolute atomic E-state index is 4.67. The highest BCUT2D eigenvalue weighted by molar-refractivity contribution is 5.85. The Balaban J connectivity index is 2.12. The smallest absolute Gasteiger partial charge is 0.165 e. The Bertz CT molecular complexity index is 637. The highest BCUT2D eigenvalue weighted by Crippen LogP contribution is 2.26. The van der Waals surface area contributed by atoms with Crippen molar-refractivity contribution in [3.63, 3.8) is 0 Å². The minimum atomic E-state index is 0.817. The Morgan fingerprint density at radius 1 is 1.20 bits per heavy atom. The fraction of sp³-hybridized carbons (Fsp3) is 0.400. The van der Waals surface area contributed by atoms with Crippen LogP contribution >= 0.6 is 0 Å². The molecular formula is C15H19N5. The maximum Gasteiger partial charge on any atom is 0.165 e. The topological polar surface area (TPSA) is 46.8 Å². The van der Waals surface area contributed by atoms with Gasteiger partial charge in [0.15, 0.2) is 17.0 Å². The first-order valence-electron chi connectivity index (χ1n) is 7.04. The Labute approximate surface area is 118 Å². The van der Waals surface area contributed by atoms with Crippen molar-refractivity contribution in [2.24, 2.45) is 0 Å². The number of aromatic nitrogens is 4. The van der Waals surface area contributed by atoms with Crippen molar-refractivity contribution in [2.75, 3.05) is 18.0 Å². The van der Waals surface area contributed by atoms with Crippen LogP contribution in [0.15, 0.2) is 25.6 Å². The van der Waals surface area contributed by atoms with E-state index in [9.17, 15) is 0 Å². The van der Waals surface area contributed by atoms with Gasteiger partial charge >= 0.3 is 0 Å². The SMILES string of the molecule is C=CCCn1c(C=C)nc2c(N3CCCC3)ncnc21. The van der Waals surface area contributed by atoms with Gasteiger partial charge < -0.3 is 9.47 Å². The first kappa shape index (κ1) is 12.8. The molecule has 1 aliphatic rings. The number of aryl methyl sites for hydroxylation is 1. The van der Waals surface area contributed by atoms with Crippen molar-refractivity contribution in [1.29, 1.82) is 0 Å². The summed E-state index contributed by atoms with van der Waals surface area (Å²) in [6, 6.07) is 0. The minimum absolute atomic E-state index is 0.817. The lowest BCUT2D eigenvalue weighted by atomic mass is 10.4. The van der Waals surface area contributed by atoms with Gasteiger partial charge in [-0.3, -0.25) is 0 Å². The molecule has 0 unspecified atom stereocenters. The van der Waals surface area contributed by atoms with Crippen LogP contribution < -0.4 is 4.90 Å². The third-order valence-corrected chi connectivity index (χ3v) is 3.69. The minimum Gasteiger partial charge on any atom is -0.355 e. The van der Waals surface area contributed by atoms with E-state index in [1.807, 2.05) is 6.08 Å². The standard InChI is InChI=1S/C15H19N5/c1-3-5-10-20-12(4-2)18-13-14(16-11-17-15(13)20)19-8-6-7-9-19/h3-4,11H,1-2,5-10H2. The van der Waals surface area contributed by atoms with E-state index in [2.05, 4.69) is 37.6 Å². The number of hydrogen-bond acceptors (Lipinski definition) is 4. The van der Waals surface area contributed by atoms with Crippen LogP contribution in [0.3, 0.4) is 0 Å². The average Bonchev–Trinajstić information content (AvgIpc) is 3.12. The van der Waals surface area contributed by atoms with Crippen molar-refractivity contribution in [2.45, 2.75) is 25.8 Å². The largest absolute Gasteiger partial charge is 0.355 e. The van der Waals surface area contributed by atoms with E-state index in [0.717, 1.165) is 48.9 Å². The number of nitrogens with zero attached hydrogens (tertiary/aromatic N) is 5. The number of hydrogen-bond donors (Lipinski definition) is 0. The number of imidazole rings is 1. The third-order valence-electron chi connectivity index (χ3n) is 3.69. The molecule has 1 saturated heterocycles. The van der Waals surface area contributed by atoms with Gasteiger partial charge in [-0.25, -0.2) is 15.0 Å². The normalized spacial score (nSPS) is 14.9. The second-order valence-electron chi connectivity index (χ2n) is 4.97. The van der Waals surface area contributed by atoms with Crippen LogP contribution in [0.4, 0.5) is 5.82 Å². The molecule has 1 aliphatic heterocycles. The molecule has 5 heteroatoms. The van der Waals surface area contributed by atoms with E-state index in [1.54, 1.807) is 12.4 Å². The molecule has 0 amide bonds. The van der Waals surface area contributed by atoms with Gasteiger partial charge in [0.05, 0.1) is 0 Å². The fourth-order valence-electron chi connectivity index (χ4n) is 2.70. The predicted octanol–water partition coefficient (Wildman–Crippen LogP) is 2.65. The molecule has 0 saturated carbocycles. The average molecular weight is 269 g/mol. The van der Waals surface area contributed by atoms with Gasteiger partial charge in [-0.15, -0.1) is 6.58 Å². The van der Waals surface area contributed by atoms with Crippen molar-refractivity contribution in [3.8, 4) is 0 Å². The van der Waals surface area contributed by atoms with Crippen LogP contribution in [0.5, 0.6) is 0 Å². The molecule has 20 heavy (non-hydrogen) atoms. The zero-order valence-electron chi connectivity index (χ0n) is 11.6. The Kier molecular flexibility index (Phi) is 3.50. The monoisotopic (exact) mass is 269 g/mol. The lowest BCUT2D eigenvalue weighted by molar-refractivity contribution is 0.716. The van der Waals surface area contributed by atoms with Crippen LogP contribution in [0.1, 0.15) is 25.1 Å². The zero-order chi connectivity index (χ0) is 13.9. The van der Waals surface area contributed by atoms with E-state index >= 15 is 0 Å². The Morgan fingerprint density at radius 2 is 2.00 bits per heavy atom. The molecule has 5 nitrogen and oxygen atoms in total. The first-order valence-corrected chi connectivity index (χ1v) is 7.04. The summed E-state index contributed by atoms with van der Waals surface area (Å²) in [7, 11) is 0. The predicted molar refractivity (Wildman–Crippen MR) is 81.7 cm³/mol. The van der Waals surface area contributed by atoms with Gasteiger partial charge in [-0.2, -0.15) is 0 Å². The number of rotatable bonds is 5. The van der Waals surface area contributed by atoms with Gasteiger partial charge in [-0.05, 0) is 25.3 Å². The quantitative estimate of drug-likeness (QED) is 0.783. The van der Waals surface area contributed by atoms with Crippen molar-refractivity contribution < 1.29 is 0 Å². The molecule has 0 bridgehead atoms. The summed E-state index contributed by atoms with van der Waals surface area (Å²) in [5, 5.41) is 0. The van der Waals surface area contributed by atoms with Crippen LogP contribution in [-0.4, -0.2) is 32.6 Å². The number of anilines is 1. The molecule has 0 aliphatic carbocycles. The van der Waals surface area contributed by atoms with Crippen LogP contribution in [0.2, 0.25) is 0 Å². The van der Waals surface area contributed by atoms with E-state index in [0.29, 0.717) is 0 Å². The summed E-state index contributed by atoms with van der Waals surface area (Å²) < 4.78 is 2.09. The lowest BCUT2D eigenvalue weighted by Gasteiger charge is -2.15. The lowest BCUT2D eigenvalue weighted by Crippen LogP contribution is -2.19. The van der Waals surface area contributed by atoms with E-state index in [-0.39, 0.29) is 0 Å². The number of fused-ring (bicyclic) bond motifs is 1. The van der Waals surface area contributed by atoms with Gasteiger partial charge in [0.2, 0.25) is 0 Å². The van der Waals surface area contributed by atoms with E-state index < -0.39 is 0 Å². The van der Waals surface area contributed by atoms with Gasteiger partial charge in [-0.1, -0.05) is 12.7 Å². The molecule has 3 rings (SSSR count). The van der Waals surface area contributed by atoms with Gasteiger partial charge in [0.25, 0.3) is 0 Å². The molecule has 1 fully saturated rings. The van der Waals surface area contributed by atoms with E-state index in [4.69, 9.17) is 0 Å². The van der Waals surface area contributed by atoms with Gasteiger partial charge in [0.1, 0.15) is 12.2 Å². The summed E-state index contributed by atoms with van der Waals surface area (Å²) in [6.45, 7) is 10.5. The van der Waals surface area contributed by atoms with Crippen LogP contribution in [0, 0.1) is 0 Å². The fourth-order valence-corrected chi connectivity index (χ4v) is 2.70. The van der Waals surface area contributed by atoms with Crippen LogP contribution in [-0.2, 0) is 6.54 Å². The van der Waals surface area contributed by atoms with Gasteiger partial charge in [0, 0.05) is 19.6 Å². The summed E-state index contributed by atoms with van der Waals surface area (Å²) in [4.78, 5) is 15.8. The molecule has 0 aromatic carbocycles. The van der Waals surface area contributed by atoms with Crippen LogP contribution in [0.25, 0.3) is 17.2 Å². The summed E-state index contributed by atoms with van der Waals surface area (Å²) in [5.74, 6) is 1.80. The molecule has 0 spiro atoms. The molecular weight excluding hydrogens is 250 g/mol. The maximum atomic E-state index is 4.67. The van der Waals surface area contributed by atoms with Crippen molar-refractivity contribution in [3.05, 3.63) is 31.4 Å². The van der Waals surface area contributed by atoms with Crippen molar-refractivity contribution in [1.82, 2.24) is 19.5 Å². The van der Waals surface area contributed by atoms with Crippen molar-refractivity contribution >= 4 is 23.1 Å². The first-order chi connectivity index (χ1) is 9.85.